The maximum Gasteiger partial charge on any atom is 0.231 e. The summed E-state index contributed by atoms with van der Waals surface area (Å²) in [5.41, 5.74) is 1.55. The van der Waals surface area contributed by atoms with E-state index in [-0.39, 0.29) is 24.1 Å². The molecule has 0 fully saturated rings. The van der Waals surface area contributed by atoms with Gasteiger partial charge in [0.1, 0.15) is 5.82 Å². The molecular weight excluding hydrogens is 199 g/mol. The average Bonchev–Trinajstić information content (AvgIpc) is 2.46. The van der Waals surface area contributed by atoms with Crippen LogP contribution in [0.5, 0.6) is 0 Å². The van der Waals surface area contributed by atoms with E-state index in [2.05, 4.69) is 10.2 Å². The normalized spacial score (nSPS) is 18.9. The van der Waals surface area contributed by atoms with Crippen LogP contribution in [0.15, 0.2) is 12.1 Å². The van der Waals surface area contributed by atoms with Crippen molar-refractivity contribution in [3.05, 3.63) is 29.1 Å². The van der Waals surface area contributed by atoms with Crippen molar-refractivity contribution in [1.29, 1.82) is 0 Å². The van der Waals surface area contributed by atoms with Crippen molar-refractivity contribution in [3.8, 4) is 0 Å². The molecule has 0 saturated heterocycles. The molecule has 0 aliphatic carbocycles. The lowest BCUT2D eigenvalue weighted by atomic mass is 10.0. The minimum Gasteiger partial charge on any atom is -0.323 e. The van der Waals surface area contributed by atoms with Gasteiger partial charge in [-0.3, -0.25) is 9.63 Å². The highest BCUT2D eigenvalue weighted by Crippen LogP contribution is 2.35. The molecule has 0 aromatic heterocycles. The Labute approximate surface area is 86.2 Å². The van der Waals surface area contributed by atoms with Gasteiger partial charge in [0.2, 0.25) is 5.91 Å². The summed E-state index contributed by atoms with van der Waals surface area (Å²) in [7, 11) is 0. The van der Waals surface area contributed by atoms with Gasteiger partial charge >= 0.3 is 0 Å². The maximum absolute atomic E-state index is 13.5. The molecule has 1 atom stereocenters. The number of hydrogen-bond acceptors (Lipinski definition) is 3. The second kappa shape index (κ2) is 3.60. The Morgan fingerprint density at radius 2 is 2.33 bits per heavy atom. The van der Waals surface area contributed by atoms with E-state index in [0.29, 0.717) is 11.1 Å². The lowest BCUT2D eigenvalue weighted by Crippen LogP contribution is -2.08. The molecule has 0 radical (unpaired) electrons. The van der Waals surface area contributed by atoms with Crippen LogP contribution in [-0.4, -0.2) is 5.91 Å². The summed E-state index contributed by atoms with van der Waals surface area (Å²) in [6, 6.07) is 3.04. The second-order valence-electron chi connectivity index (χ2n) is 3.56. The van der Waals surface area contributed by atoms with Crippen LogP contribution in [0.2, 0.25) is 0 Å². The number of carbonyl (C=O) groups is 1. The van der Waals surface area contributed by atoms with E-state index >= 15 is 0 Å². The van der Waals surface area contributed by atoms with Crippen molar-refractivity contribution in [2.75, 3.05) is 5.32 Å². The zero-order valence-corrected chi connectivity index (χ0v) is 8.21. The van der Waals surface area contributed by atoms with Crippen LogP contribution in [0.3, 0.4) is 0 Å². The first-order chi connectivity index (χ1) is 7.13. The Kier molecular flexibility index (Phi) is 2.42. The number of benzene rings is 1. The number of nitrogens with one attached hydrogen (secondary N) is 1. The van der Waals surface area contributed by atoms with Crippen LogP contribution in [0.1, 0.15) is 24.0 Å². The van der Waals surface area contributed by atoms with Crippen molar-refractivity contribution >= 4 is 11.6 Å². The Bertz CT molecular complexity index is 420. The van der Waals surface area contributed by atoms with Gasteiger partial charge in [-0.2, -0.15) is 0 Å². The van der Waals surface area contributed by atoms with E-state index in [4.69, 9.17) is 5.90 Å². The fourth-order valence-electron chi connectivity index (χ4n) is 1.71. The molecule has 1 aliphatic heterocycles. The van der Waals surface area contributed by atoms with Gasteiger partial charge in [0.05, 0.1) is 18.2 Å². The van der Waals surface area contributed by atoms with Crippen LogP contribution < -0.4 is 11.2 Å². The summed E-state index contributed by atoms with van der Waals surface area (Å²) < 4.78 is 13.5. The van der Waals surface area contributed by atoms with E-state index in [1.54, 1.807) is 13.0 Å². The minimum atomic E-state index is -0.447. The van der Waals surface area contributed by atoms with E-state index < -0.39 is 5.82 Å². The Balaban J connectivity index is 2.47. The standard InChI is InChI=1S/C10H11FN2O2/c1-5-7-2-6(4-15-12)3-8(11)9(7)13-10(5)14/h2-3,5H,4,12H2,1H3,(H,13,14). The van der Waals surface area contributed by atoms with Crippen LogP contribution in [0.25, 0.3) is 0 Å². The highest BCUT2D eigenvalue weighted by atomic mass is 19.1. The molecule has 1 amide bonds. The van der Waals surface area contributed by atoms with Crippen LogP contribution in [0.4, 0.5) is 10.1 Å². The zero-order valence-electron chi connectivity index (χ0n) is 8.21. The van der Waals surface area contributed by atoms with Crippen LogP contribution in [0, 0.1) is 5.82 Å². The number of anilines is 1. The smallest absolute Gasteiger partial charge is 0.231 e. The van der Waals surface area contributed by atoms with Gasteiger partial charge in [0.15, 0.2) is 0 Å². The number of nitrogens with two attached hydrogens (primary N) is 1. The topological polar surface area (TPSA) is 64.3 Å². The molecule has 1 aromatic carbocycles. The Morgan fingerprint density at radius 3 is 3.00 bits per heavy atom. The van der Waals surface area contributed by atoms with Gasteiger partial charge < -0.3 is 5.32 Å². The summed E-state index contributed by atoms with van der Waals surface area (Å²) >= 11 is 0. The Morgan fingerprint density at radius 1 is 1.60 bits per heavy atom. The molecule has 1 heterocycles. The highest BCUT2D eigenvalue weighted by molar-refractivity contribution is 6.02. The first-order valence-corrected chi connectivity index (χ1v) is 4.58. The molecule has 5 heteroatoms. The summed E-state index contributed by atoms with van der Waals surface area (Å²) in [6.45, 7) is 1.86. The maximum atomic E-state index is 13.5. The Hall–Kier alpha value is -1.46. The fraction of sp³-hybridized carbons (Fsp3) is 0.300. The number of fused-ring (bicyclic) bond motifs is 1. The second-order valence-corrected chi connectivity index (χ2v) is 3.56. The molecule has 0 spiro atoms. The third kappa shape index (κ3) is 1.60. The first kappa shape index (κ1) is 10.1. The van der Waals surface area contributed by atoms with Crippen molar-refractivity contribution in [1.82, 2.24) is 0 Å². The summed E-state index contributed by atoms with van der Waals surface area (Å²) in [5, 5.41) is 2.50. The van der Waals surface area contributed by atoms with Crippen molar-refractivity contribution in [2.45, 2.75) is 19.4 Å². The molecule has 0 bridgehead atoms. The quantitative estimate of drug-likeness (QED) is 0.722. The van der Waals surface area contributed by atoms with Gasteiger partial charge in [-0.15, -0.1) is 0 Å². The SMILES string of the molecule is CC1C(=O)Nc2c(F)cc(CON)cc21. The van der Waals surface area contributed by atoms with Gasteiger partial charge in [-0.1, -0.05) is 6.07 Å². The monoisotopic (exact) mass is 210 g/mol. The molecule has 0 saturated carbocycles. The molecular formula is C10H11FN2O2. The minimum absolute atomic E-state index is 0.130. The highest BCUT2D eigenvalue weighted by Gasteiger charge is 2.29. The van der Waals surface area contributed by atoms with Crippen molar-refractivity contribution in [2.24, 2.45) is 5.90 Å². The third-order valence-electron chi connectivity index (χ3n) is 2.54. The van der Waals surface area contributed by atoms with Crippen LogP contribution in [-0.2, 0) is 16.2 Å². The number of carbonyl (C=O) groups excluding carboxylic acids is 1. The summed E-state index contributed by atoms with van der Waals surface area (Å²) in [4.78, 5) is 15.8. The summed E-state index contributed by atoms with van der Waals surface area (Å²) in [6.07, 6.45) is 0. The van der Waals surface area contributed by atoms with E-state index in [9.17, 15) is 9.18 Å². The molecule has 1 aliphatic rings. The zero-order chi connectivity index (χ0) is 11.0. The van der Waals surface area contributed by atoms with Crippen LogP contribution >= 0.6 is 0 Å². The lowest BCUT2D eigenvalue weighted by Gasteiger charge is -2.06. The molecule has 1 unspecified atom stereocenters. The number of halogens is 1. The third-order valence-corrected chi connectivity index (χ3v) is 2.54. The van der Waals surface area contributed by atoms with Gasteiger partial charge in [0.25, 0.3) is 0 Å². The van der Waals surface area contributed by atoms with E-state index in [1.807, 2.05) is 0 Å². The molecule has 15 heavy (non-hydrogen) atoms. The molecule has 4 nitrogen and oxygen atoms in total. The van der Waals surface area contributed by atoms with Gasteiger partial charge in [0, 0.05) is 0 Å². The molecule has 3 N–H and O–H groups in total. The van der Waals surface area contributed by atoms with E-state index in [0.717, 1.165) is 0 Å². The number of amides is 1. The predicted molar refractivity (Wildman–Crippen MR) is 52.4 cm³/mol. The fourth-order valence-corrected chi connectivity index (χ4v) is 1.71. The number of rotatable bonds is 2. The van der Waals surface area contributed by atoms with Crippen molar-refractivity contribution in [3.63, 3.8) is 0 Å². The lowest BCUT2D eigenvalue weighted by molar-refractivity contribution is -0.116. The first-order valence-electron chi connectivity index (χ1n) is 4.58. The molecule has 1 aromatic rings. The van der Waals surface area contributed by atoms with Gasteiger partial charge in [-0.25, -0.2) is 10.3 Å². The van der Waals surface area contributed by atoms with E-state index in [1.165, 1.54) is 6.07 Å². The summed E-state index contributed by atoms with van der Waals surface area (Å²) in [5.74, 6) is 3.95. The van der Waals surface area contributed by atoms with Crippen molar-refractivity contribution < 1.29 is 14.0 Å². The largest absolute Gasteiger partial charge is 0.323 e. The number of hydrogen-bond donors (Lipinski definition) is 2. The predicted octanol–water partition coefficient (Wildman–Crippen LogP) is 1.27. The molecule has 80 valence electrons. The van der Waals surface area contributed by atoms with Gasteiger partial charge in [-0.05, 0) is 24.1 Å². The molecule has 2 rings (SSSR count). The average molecular weight is 210 g/mol.